The molecule has 0 unspecified atom stereocenters. The number of sulfonamides is 1. The number of hydrogen-bond donors (Lipinski definition) is 1. The van der Waals surface area contributed by atoms with E-state index in [1.807, 2.05) is 11.5 Å². The monoisotopic (exact) mass is 497 g/mol. The highest BCUT2D eigenvalue weighted by molar-refractivity contribution is 7.89. The molecule has 0 radical (unpaired) electrons. The molecule has 0 spiro atoms. The minimum Gasteiger partial charge on any atom is -0.429 e. The van der Waals surface area contributed by atoms with Gasteiger partial charge in [0, 0.05) is 45.8 Å². The molecule has 1 amide bonds. The van der Waals surface area contributed by atoms with E-state index >= 15 is 0 Å². The van der Waals surface area contributed by atoms with Crippen LogP contribution in [0.2, 0.25) is 0 Å². The van der Waals surface area contributed by atoms with Gasteiger partial charge in [0.05, 0.1) is 36.8 Å². The highest BCUT2D eigenvalue weighted by atomic mass is 32.2. The van der Waals surface area contributed by atoms with E-state index in [4.69, 9.17) is 21.4 Å². The molecule has 10 nitrogen and oxygen atoms in total. The van der Waals surface area contributed by atoms with Crippen LogP contribution in [0.3, 0.4) is 0 Å². The first-order chi connectivity index (χ1) is 15.9. The average molecular weight is 498 g/mol. The number of morpholine rings is 1. The van der Waals surface area contributed by atoms with Crippen LogP contribution in [0, 0.1) is 4.84 Å². The van der Waals surface area contributed by atoms with Crippen molar-refractivity contribution in [3.63, 3.8) is 0 Å². The van der Waals surface area contributed by atoms with E-state index in [9.17, 15) is 13.2 Å². The molecule has 2 aromatic rings. The van der Waals surface area contributed by atoms with Crippen molar-refractivity contribution in [3.05, 3.63) is 23.0 Å². The summed E-state index contributed by atoms with van der Waals surface area (Å²) in [6.07, 6.45) is 0.925. The molecule has 0 atom stereocenters. The van der Waals surface area contributed by atoms with Crippen molar-refractivity contribution in [1.29, 1.82) is 0 Å². The topological polar surface area (TPSA) is 100 Å². The van der Waals surface area contributed by atoms with Crippen LogP contribution in [0.5, 0.6) is 0 Å². The Morgan fingerprint density at radius 1 is 1.09 bits per heavy atom. The van der Waals surface area contributed by atoms with Gasteiger partial charge in [-0.3, -0.25) is 19.2 Å². The third-order valence-corrected chi connectivity index (χ3v) is 8.19. The Balaban J connectivity index is 1.45. The van der Waals surface area contributed by atoms with Crippen LogP contribution >= 0.6 is 12.2 Å². The molecule has 0 saturated carbocycles. The zero-order valence-electron chi connectivity index (χ0n) is 18.9. The van der Waals surface area contributed by atoms with E-state index < -0.39 is 10.0 Å². The minimum absolute atomic E-state index is 0.0577. The number of carbonyl (C=O) groups is 1. The average Bonchev–Trinajstić information content (AvgIpc) is 3.13. The number of ether oxygens (including phenoxy) is 1. The first kappa shape index (κ1) is 24.3. The predicted octanol–water partition coefficient (Wildman–Crippen LogP) is 1.09. The maximum atomic E-state index is 13.1. The number of carbonyl (C=O) groups excluding carboxylic acids is 1. The second-order valence-electron chi connectivity index (χ2n) is 8.33. The summed E-state index contributed by atoms with van der Waals surface area (Å²) >= 11 is 5.43. The van der Waals surface area contributed by atoms with Gasteiger partial charge in [-0.05, 0) is 36.8 Å². The smallest absolute Gasteiger partial charge is 0.270 e. The number of benzene rings is 1. The molecule has 4 rings (SSSR count). The summed E-state index contributed by atoms with van der Waals surface area (Å²) in [5, 5.41) is 2.91. The summed E-state index contributed by atoms with van der Waals surface area (Å²) in [5.74, 6) is 0.0577. The summed E-state index contributed by atoms with van der Waals surface area (Å²) in [6.45, 7) is 8.25. The normalized spacial score (nSPS) is 19.2. The van der Waals surface area contributed by atoms with Crippen molar-refractivity contribution in [2.75, 3.05) is 65.6 Å². The van der Waals surface area contributed by atoms with E-state index in [1.54, 1.807) is 18.2 Å². The van der Waals surface area contributed by atoms with Gasteiger partial charge in [-0.25, -0.2) is 8.42 Å². The first-order valence-electron chi connectivity index (χ1n) is 11.3. The molecule has 1 aromatic carbocycles. The number of rotatable bonds is 8. The number of fused-ring (bicyclic) bond motifs is 1. The van der Waals surface area contributed by atoms with Crippen molar-refractivity contribution >= 4 is 39.2 Å². The molecule has 33 heavy (non-hydrogen) atoms. The van der Waals surface area contributed by atoms with Gasteiger partial charge < -0.3 is 14.5 Å². The summed E-state index contributed by atoms with van der Waals surface area (Å²) in [6, 6.07) is 4.88. The molecule has 1 N–H and O–H groups in total. The quantitative estimate of drug-likeness (QED) is 0.541. The van der Waals surface area contributed by atoms with E-state index in [1.165, 1.54) is 4.31 Å². The van der Waals surface area contributed by atoms with Crippen LogP contribution in [-0.4, -0.2) is 98.6 Å². The lowest BCUT2D eigenvalue weighted by Crippen LogP contribution is -2.49. The van der Waals surface area contributed by atoms with Crippen molar-refractivity contribution in [2.45, 2.75) is 24.9 Å². The summed E-state index contributed by atoms with van der Waals surface area (Å²) in [4.78, 5) is 16.9. The van der Waals surface area contributed by atoms with Crippen LogP contribution < -0.4 is 5.32 Å². The molecule has 2 fully saturated rings. The SMILES string of the molecule is CCCNC(=O)CN1CCN(Cn2c(=S)oc3ccc(S(=O)(=O)N4CCOCC4)cc32)CC1. The third-order valence-electron chi connectivity index (χ3n) is 5.99. The van der Waals surface area contributed by atoms with E-state index in [0.29, 0.717) is 62.0 Å². The highest BCUT2D eigenvalue weighted by Crippen LogP contribution is 2.25. The number of hydrogen-bond acceptors (Lipinski definition) is 8. The Labute approximate surface area is 199 Å². The largest absolute Gasteiger partial charge is 0.429 e. The maximum Gasteiger partial charge on any atom is 0.270 e. The van der Waals surface area contributed by atoms with Gasteiger partial charge in [0.2, 0.25) is 15.9 Å². The highest BCUT2D eigenvalue weighted by Gasteiger charge is 2.27. The van der Waals surface area contributed by atoms with Crippen LogP contribution in [-0.2, 0) is 26.2 Å². The fourth-order valence-corrected chi connectivity index (χ4v) is 5.76. The Kier molecular flexibility index (Phi) is 7.82. The lowest BCUT2D eigenvalue weighted by Gasteiger charge is -2.34. The molecule has 0 aliphatic carbocycles. The minimum atomic E-state index is -3.61. The molecular formula is C21H31N5O5S2. The Bertz CT molecular complexity index is 1130. The fraction of sp³-hybridized carbons (Fsp3) is 0.619. The lowest BCUT2D eigenvalue weighted by atomic mass is 10.3. The van der Waals surface area contributed by atoms with Crippen molar-refractivity contribution in [2.24, 2.45) is 0 Å². The molecule has 12 heteroatoms. The van der Waals surface area contributed by atoms with Gasteiger partial charge in [-0.15, -0.1) is 0 Å². The zero-order valence-corrected chi connectivity index (χ0v) is 20.5. The van der Waals surface area contributed by atoms with E-state index in [0.717, 1.165) is 32.6 Å². The maximum absolute atomic E-state index is 13.1. The molecular weight excluding hydrogens is 466 g/mol. The Morgan fingerprint density at radius 2 is 1.79 bits per heavy atom. The van der Waals surface area contributed by atoms with Gasteiger partial charge in [0.15, 0.2) is 5.58 Å². The Hall–Kier alpha value is -1.83. The summed E-state index contributed by atoms with van der Waals surface area (Å²) < 4.78 is 40.5. The molecule has 1 aromatic heterocycles. The van der Waals surface area contributed by atoms with Crippen LogP contribution in [0.4, 0.5) is 0 Å². The second kappa shape index (κ2) is 10.6. The molecule has 0 bridgehead atoms. The first-order valence-corrected chi connectivity index (χ1v) is 13.2. The number of aromatic nitrogens is 1. The molecule has 182 valence electrons. The van der Waals surface area contributed by atoms with E-state index in [-0.39, 0.29) is 10.8 Å². The van der Waals surface area contributed by atoms with Gasteiger partial charge in [0.25, 0.3) is 4.84 Å². The summed E-state index contributed by atoms with van der Waals surface area (Å²) in [5.41, 5.74) is 1.22. The van der Waals surface area contributed by atoms with Gasteiger partial charge >= 0.3 is 0 Å². The Morgan fingerprint density at radius 3 is 2.48 bits per heavy atom. The van der Waals surface area contributed by atoms with Gasteiger partial charge in [0.1, 0.15) is 0 Å². The van der Waals surface area contributed by atoms with Crippen LogP contribution in [0.15, 0.2) is 27.5 Å². The standard InChI is InChI=1S/C21H31N5O5S2/c1-2-5-22-20(27)15-23-6-8-24(9-7-23)16-26-18-14-17(3-4-19(18)31-21(26)32)33(28,29)25-10-12-30-13-11-25/h3-4,14H,2,5-13,15-16H2,1H3,(H,22,27). The van der Waals surface area contributed by atoms with Crippen molar-refractivity contribution in [1.82, 2.24) is 24.0 Å². The van der Waals surface area contributed by atoms with Crippen molar-refractivity contribution in [3.8, 4) is 0 Å². The third kappa shape index (κ3) is 5.64. The fourth-order valence-electron chi connectivity index (χ4n) is 4.08. The second-order valence-corrected chi connectivity index (χ2v) is 10.6. The van der Waals surface area contributed by atoms with Gasteiger partial charge in [-0.2, -0.15) is 4.31 Å². The van der Waals surface area contributed by atoms with Crippen LogP contribution in [0.25, 0.3) is 11.1 Å². The molecule has 2 saturated heterocycles. The number of nitrogens with zero attached hydrogens (tertiary/aromatic N) is 4. The summed E-state index contributed by atoms with van der Waals surface area (Å²) in [7, 11) is -3.61. The van der Waals surface area contributed by atoms with E-state index in [2.05, 4.69) is 15.1 Å². The number of piperazine rings is 1. The van der Waals surface area contributed by atoms with Crippen molar-refractivity contribution < 1.29 is 22.4 Å². The predicted molar refractivity (Wildman–Crippen MR) is 126 cm³/mol. The zero-order chi connectivity index (χ0) is 23.4. The molecule has 2 aliphatic rings. The van der Waals surface area contributed by atoms with Gasteiger partial charge in [-0.1, -0.05) is 6.92 Å². The number of nitrogens with one attached hydrogen (secondary N) is 1. The molecule has 2 aliphatic heterocycles. The number of oxazole rings is 1. The van der Waals surface area contributed by atoms with Crippen LogP contribution in [0.1, 0.15) is 13.3 Å². The lowest BCUT2D eigenvalue weighted by molar-refractivity contribution is -0.122. The number of amides is 1. The molecule has 3 heterocycles.